The topological polar surface area (TPSA) is 32.3 Å². The molecule has 1 aromatic heterocycles. The second-order valence-corrected chi connectivity index (χ2v) is 5.03. The minimum Gasteiger partial charge on any atom is -0.394 e. The molecule has 2 aromatic rings. The molecule has 0 saturated heterocycles. The van der Waals surface area contributed by atoms with Gasteiger partial charge in [0.25, 0.3) is 0 Å². The van der Waals surface area contributed by atoms with Gasteiger partial charge in [0.1, 0.15) is 0 Å². The summed E-state index contributed by atoms with van der Waals surface area (Å²) >= 11 is 1.53. The van der Waals surface area contributed by atoms with Crippen LogP contribution in [0.25, 0.3) is 0 Å². The standard InChI is InChI=1S/C13H12F3NOS/c14-10-4-8(5-11(15)13(10)16)12(7-18)17-6-9-2-1-3-19-9/h1-5,12,17-18H,6-7H2. The van der Waals surface area contributed by atoms with Crippen LogP contribution in [0, 0.1) is 17.5 Å². The van der Waals surface area contributed by atoms with E-state index in [2.05, 4.69) is 5.32 Å². The number of nitrogens with one attached hydrogen (secondary N) is 1. The van der Waals surface area contributed by atoms with E-state index in [0.29, 0.717) is 6.54 Å². The van der Waals surface area contributed by atoms with Crippen LogP contribution in [0.3, 0.4) is 0 Å². The Balaban J connectivity index is 2.13. The van der Waals surface area contributed by atoms with E-state index in [4.69, 9.17) is 0 Å². The minimum atomic E-state index is -1.50. The highest BCUT2D eigenvalue weighted by Crippen LogP contribution is 2.20. The van der Waals surface area contributed by atoms with Gasteiger partial charge in [-0.25, -0.2) is 13.2 Å². The predicted molar refractivity (Wildman–Crippen MR) is 67.3 cm³/mol. The Kier molecular flexibility index (Phi) is 4.57. The summed E-state index contributed by atoms with van der Waals surface area (Å²) in [5.74, 6) is -4.02. The molecule has 0 aliphatic heterocycles. The van der Waals surface area contributed by atoms with E-state index in [-0.39, 0.29) is 12.2 Å². The maximum Gasteiger partial charge on any atom is 0.194 e. The summed E-state index contributed by atoms with van der Waals surface area (Å²) in [5.41, 5.74) is 0.176. The number of thiophene rings is 1. The molecule has 2 rings (SSSR count). The lowest BCUT2D eigenvalue weighted by Crippen LogP contribution is -2.24. The van der Waals surface area contributed by atoms with E-state index in [1.165, 1.54) is 11.3 Å². The van der Waals surface area contributed by atoms with Gasteiger partial charge >= 0.3 is 0 Å². The Labute approximate surface area is 112 Å². The summed E-state index contributed by atoms with van der Waals surface area (Å²) in [6, 6.07) is 4.92. The molecule has 2 N–H and O–H groups in total. The maximum atomic E-state index is 13.1. The predicted octanol–water partition coefficient (Wildman–Crippen LogP) is 2.99. The Morgan fingerprint density at radius 2 is 1.89 bits per heavy atom. The monoisotopic (exact) mass is 287 g/mol. The molecule has 0 aliphatic carbocycles. The Morgan fingerprint density at radius 3 is 2.42 bits per heavy atom. The highest BCUT2D eigenvalue weighted by atomic mass is 32.1. The number of aliphatic hydroxyl groups is 1. The lowest BCUT2D eigenvalue weighted by molar-refractivity contribution is 0.243. The van der Waals surface area contributed by atoms with E-state index in [1.807, 2.05) is 17.5 Å². The van der Waals surface area contributed by atoms with Gasteiger partial charge in [0.2, 0.25) is 0 Å². The van der Waals surface area contributed by atoms with Gasteiger partial charge in [-0.15, -0.1) is 11.3 Å². The van der Waals surface area contributed by atoms with Crippen LogP contribution in [-0.2, 0) is 6.54 Å². The molecule has 0 fully saturated rings. The van der Waals surface area contributed by atoms with Crippen LogP contribution in [0.5, 0.6) is 0 Å². The fraction of sp³-hybridized carbons (Fsp3) is 0.231. The van der Waals surface area contributed by atoms with Crippen molar-refractivity contribution in [1.29, 1.82) is 0 Å². The fourth-order valence-electron chi connectivity index (χ4n) is 1.70. The molecule has 6 heteroatoms. The number of benzene rings is 1. The van der Waals surface area contributed by atoms with E-state index >= 15 is 0 Å². The van der Waals surface area contributed by atoms with Crippen molar-refractivity contribution in [2.75, 3.05) is 6.61 Å². The molecule has 1 heterocycles. The average Bonchev–Trinajstić information content (AvgIpc) is 2.89. The summed E-state index contributed by atoms with van der Waals surface area (Å²) < 4.78 is 39.1. The number of hydrogen-bond acceptors (Lipinski definition) is 3. The summed E-state index contributed by atoms with van der Waals surface area (Å²) in [7, 11) is 0. The van der Waals surface area contributed by atoms with Crippen molar-refractivity contribution in [3.05, 3.63) is 57.5 Å². The van der Waals surface area contributed by atoms with Crippen LogP contribution in [-0.4, -0.2) is 11.7 Å². The van der Waals surface area contributed by atoms with Crippen LogP contribution in [0.1, 0.15) is 16.5 Å². The third-order valence-electron chi connectivity index (χ3n) is 2.69. The zero-order chi connectivity index (χ0) is 13.8. The van der Waals surface area contributed by atoms with Gasteiger partial charge in [-0.05, 0) is 29.1 Å². The normalized spacial score (nSPS) is 12.6. The van der Waals surface area contributed by atoms with Gasteiger partial charge in [-0.3, -0.25) is 0 Å². The molecule has 0 bridgehead atoms. The van der Waals surface area contributed by atoms with Gasteiger partial charge in [-0.1, -0.05) is 6.07 Å². The number of halogens is 3. The van der Waals surface area contributed by atoms with Crippen molar-refractivity contribution in [3.8, 4) is 0 Å². The molecule has 0 aliphatic rings. The van der Waals surface area contributed by atoms with Gasteiger partial charge in [0.15, 0.2) is 17.5 Å². The van der Waals surface area contributed by atoms with Gasteiger partial charge in [-0.2, -0.15) is 0 Å². The molecule has 0 radical (unpaired) electrons. The second-order valence-electron chi connectivity index (χ2n) is 3.99. The lowest BCUT2D eigenvalue weighted by atomic mass is 10.1. The van der Waals surface area contributed by atoms with Crippen LogP contribution in [0.4, 0.5) is 13.2 Å². The smallest absolute Gasteiger partial charge is 0.194 e. The van der Waals surface area contributed by atoms with Gasteiger partial charge < -0.3 is 10.4 Å². The quantitative estimate of drug-likeness (QED) is 0.829. The van der Waals surface area contributed by atoms with Crippen LogP contribution in [0.2, 0.25) is 0 Å². The first-order valence-electron chi connectivity index (χ1n) is 5.63. The van der Waals surface area contributed by atoms with Crippen molar-refractivity contribution in [2.24, 2.45) is 0 Å². The molecule has 0 spiro atoms. The first kappa shape index (κ1) is 14.0. The SMILES string of the molecule is OCC(NCc1cccs1)c1cc(F)c(F)c(F)c1. The van der Waals surface area contributed by atoms with Crippen molar-refractivity contribution < 1.29 is 18.3 Å². The number of aliphatic hydroxyl groups excluding tert-OH is 1. The zero-order valence-corrected chi connectivity index (χ0v) is 10.7. The fourth-order valence-corrected chi connectivity index (χ4v) is 2.36. The molecule has 0 saturated carbocycles. The largest absolute Gasteiger partial charge is 0.394 e. The zero-order valence-electron chi connectivity index (χ0n) is 9.87. The number of rotatable bonds is 5. The highest BCUT2D eigenvalue weighted by Gasteiger charge is 2.16. The van der Waals surface area contributed by atoms with E-state index in [0.717, 1.165) is 17.0 Å². The first-order valence-corrected chi connectivity index (χ1v) is 6.51. The molecule has 0 amide bonds. The van der Waals surface area contributed by atoms with Crippen LogP contribution in [0.15, 0.2) is 29.6 Å². The lowest BCUT2D eigenvalue weighted by Gasteiger charge is -2.16. The molecule has 1 atom stereocenters. The minimum absolute atomic E-state index is 0.176. The summed E-state index contributed by atoms with van der Waals surface area (Å²) in [6.07, 6.45) is 0. The number of hydrogen-bond donors (Lipinski definition) is 2. The molecule has 19 heavy (non-hydrogen) atoms. The first-order chi connectivity index (χ1) is 9.11. The summed E-state index contributed by atoms with van der Waals surface area (Å²) in [6.45, 7) is 0.124. The molecule has 2 nitrogen and oxygen atoms in total. The molecule has 1 unspecified atom stereocenters. The molecular formula is C13H12F3NOS. The summed E-state index contributed by atoms with van der Waals surface area (Å²) in [5, 5.41) is 14.1. The van der Waals surface area contributed by atoms with Crippen molar-refractivity contribution in [1.82, 2.24) is 5.32 Å². The van der Waals surface area contributed by atoms with Crippen molar-refractivity contribution >= 4 is 11.3 Å². The van der Waals surface area contributed by atoms with Crippen LogP contribution >= 0.6 is 11.3 Å². The Bertz CT molecular complexity index is 522. The Morgan fingerprint density at radius 1 is 1.21 bits per heavy atom. The van der Waals surface area contributed by atoms with E-state index in [1.54, 1.807) is 0 Å². The van der Waals surface area contributed by atoms with Crippen LogP contribution < -0.4 is 5.32 Å². The second kappa shape index (κ2) is 6.18. The van der Waals surface area contributed by atoms with Gasteiger partial charge in [0, 0.05) is 11.4 Å². The average molecular weight is 287 g/mol. The third-order valence-corrected chi connectivity index (χ3v) is 3.57. The van der Waals surface area contributed by atoms with Gasteiger partial charge in [0.05, 0.1) is 12.6 Å². The third kappa shape index (κ3) is 3.34. The van der Waals surface area contributed by atoms with E-state index < -0.39 is 23.5 Å². The van der Waals surface area contributed by atoms with E-state index in [9.17, 15) is 18.3 Å². The highest BCUT2D eigenvalue weighted by molar-refractivity contribution is 7.09. The molecule has 102 valence electrons. The maximum absolute atomic E-state index is 13.1. The Hall–Kier alpha value is -1.37. The van der Waals surface area contributed by atoms with Crippen molar-refractivity contribution in [3.63, 3.8) is 0 Å². The molecular weight excluding hydrogens is 275 g/mol. The molecule has 1 aromatic carbocycles. The summed E-state index contributed by atoms with van der Waals surface area (Å²) in [4.78, 5) is 1.03. The van der Waals surface area contributed by atoms with Crippen molar-refractivity contribution in [2.45, 2.75) is 12.6 Å².